The molecule has 0 aliphatic heterocycles. The summed E-state index contributed by atoms with van der Waals surface area (Å²) in [6, 6.07) is 55.2. The van der Waals surface area contributed by atoms with Gasteiger partial charge < -0.3 is 4.42 Å². The van der Waals surface area contributed by atoms with E-state index in [9.17, 15) is 0 Å². The molecule has 0 spiro atoms. The average Bonchev–Trinajstić information content (AvgIpc) is 3.50. The molecule has 0 saturated heterocycles. The van der Waals surface area contributed by atoms with Crippen LogP contribution in [-0.4, -0.2) is 0 Å². The van der Waals surface area contributed by atoms with E-state index in [-0.39, 0.29) is 5.41 Å². The van der Waals surface area contributed by atoms with Crippen LogP contribution in [-0.2, 0) is 5.41 Å². The van der Waals surface area contributed by atoms with Crippen LogP contribution in [0.3, 0.4) is 0 Å². The highest BCUT2D eigenvalue weighted by molar-refractivity contribution is 6.24. The Morgan fingerprint density at radius 2 is 0.979 bits per heavy atom. The van der Waals surface area contributed by atoms with Crippen molar-refractivity contribution < 1.29 is 4.42 Å². The zero-order valence-corrected chi connectivity index (χ0v) is 26.8. The Morgan fingerprint density at radius 3 is 1.64 bits per heavy atom. The molecule has 0 saturated carbocycles. The highest BCUT2D eigenvalue weighted by Crippen LogP contribution is 2.46. The van der Waals surface area contributed by atoms with E-state index in [2.05, 4.69) is 172 Å². The Labute approximate surface area is 274 Å². The third-order valence-corrected chi connectivity index (χ3v) is 9.78. The predicted octanol–water partition coefficient (Wildman–Crippen LogP) is 13.3. The molecule has 0 atom stereocenters. The van der Waals surface area contributed by atoms with Crippen molar-refractivity contribution in [3.63, 3.8) is 0 Å². The molecule has 224 valence electrons. The first-order valence-electron chi connectivity index (χ1n) is 16.4. The minimum absolute atomic E-state index is 0.0503. The van der Waals surface area contributed by atoms with Crippen LogP contribution >= 0.6 is 0 Å². The van der Waals surface area contributed by atoms with Crippen molar-refractivity contribution in [1.29, 1.82) is 0 Å². The number of rotatable bonds is 3. The number of hydrogen-bond donors (Lipinski definition) is 0. The lowest BCUT2D eigenvalue weighted by Gasteiger charge is -2.20. The van der Waals surface area contributed by atoms with E-state index in [1.807, 2.05) is 0 Å². The van der Waals surface area contributed by atoms with Gasteiger partial charge >= 0.3 is 0 Å². The maximum Gasteiger partial charge on any atom is 0.143 e. The van der Waals surface area contributed by atoms with Crippen LogP contribution < -0.4 is 0 Å². The van der Waals surface area contributed by atoms with Gasteiger partial charge in [-0.15, -0.1) is 0 Å². The molecule has 0 radical (unpaired) electrons. The molecule has 9 aromatic rings. The lowest BCUT2D eigenvalue weighted by molar-refractivity contribution is 0.591. The maximum absolute atomic E-state index is 6.72. The second-order valence-electron chi connectivity index (χ2n) is 13.7. The van der Waals surface area contributed by atoms with E-state index >= 15 is 0 Å². The Hall–Kier alpha value is -5.66. The highest BCUT2D eigenvalue weighted by atomic mass is 16.3. The topological polar surface area (TPSA) is 13.1 Å². The van der Waals surface area contributed by atoms with E-state index in [1.165, 1.54) is 65.5 Å². The third-order valence-electron chi connectivity index (χ3n) is 9.78. The summed E-state index contributed by atoms with van der Waals surface area (Å²) in [5.74, 6) is 0. The highest BCUT2D eigenvalue weighted by Gasteiger charge is 2.21. The number of para-hydroxylation sites is 1. The van der Waals surface area contributed by atoms with Crippen LogP contribution in [0.5, 0.6) is 0 Å². The average molecular weight is 603 g/mol. The van der Waals surface area contributed by atoms with Crippen LogP contribution in [0.2, 0.25) is 0 Å². The van der Waals surface area contributed by atoms with Gasteiger partial charge in [-0.1, -0.05) is 148 Å². The first-order chi connectivity index (χ1) is 23.0. The molecule has 1 nitrogen and oxygen atoms in total. The van der Waals surface area contributed by atoms with E-state index in [4.69, 9.17) is 4.42 Å². The minimum atomic E-state index is 0.0503. The third kappa shape index (κ3) is 4.38. The van der Waals surface area contributed by atoms with Crippen molar-refractivity contribution in [3.05, 3.63) is 157 Å². The Balaban J connectivity index is 1.33. The van der Waals surface area contributed by atoms with E-state index in [0.29, 0.717) is 0 Å². The van der Waals surface area contributed by atoms with Crippen LogP contribution in [0, 0.1) is 0 Å². The molecule has 8 aromatic carbocycles. The fourth-order valence-electron chi connectivity index (χ4n) is 7.50. The standard InChI is InChI=1S/C46H34O/c1-46(2,3)33-25-24-31-27-40(45-44(39(31)28-33)38-22-11-12-23-41(38)47-45)30-16-13-17-32(26-30)43-36-20-9-7-18-34(36)42(29-14-5-4-6-15-29)35-19-8-10-21-37(35)43/h4-28H,1-3H3. The van der Waals surface area contributed by atoms with E-state index in [1.54, 1.807) is 0 Å². The fourth-order valence-corrected chi connectivity index (χ4v) is 7.50. The fraction of sp³-hybridized carbons (Fsp3) is 0.0870. The van der Waals surface area contributed by atoms with Crippen LogP contribution in [0.4, 0.5) is 0 Å². The number of fused-ring (bicyclic) bond motifs is 7. The smallest absolute Gasteiger partial charge is 0.143 e. The zero-order valence-electron chi connectivity index (χ0n) is 26.8. The molecular formula is C46H34O. The molecular weight excluding hydrogens is 569 g/mol. The second-order valence-corrected chi connectivity index (χ2v) is 13.7. The van der Waals surface area contributed by atoms with Gasteiger partial charge in [0, 0.05) is 16.3 Å². The van der Waals surface area contributed by atoms with Crippen molar-refractivity contribution in [2.75, 3.05) is 0 Å². The second kappa shape index (κ2) is 10.4. The molecule has 1 aromatic heterocycles. The molecule has 0 bridgehead atoms. The maximum atomic E-state index is 6.72. The summed E-state index contributed by atoms with van der Waals surface area (Å²) in [7, 11) is 0. The van der Waals surface area contributed by atoms with E-state index < -0.39 is 0 Å². The Bertz CT molecular complexity index is 2590. The van der Waals surface area contributed by atoms with Gasteiger partial charge in [-0.2, -0.15) is 0 Å². The molecule has 0 unspecified atom stereocenters. The minimum Gasteiger partial charge on any atom is -0.455 e. The van der Waals surface area contributed by atoms with Crippen molar-refractivity contribution in [2.24, 2.45) is 0 Å². The molecule has 0 amide bonds. The monoisotopic (exact) mass is 602 g/mol. The van der Waals surface area contributed by atoms with Gasteiger partial charge in [0.05, 0.1) is 0 Å². The Morgan fingerprint density at radius 1 is 0.426 bits per heavy atom. The van der Waals surface area contributed by atoms with Crippen molar-refractivity contribution >= 4 is 54.3 Å². The van der Waals surface area contributed by atoms with Gasteiger partial charge in [-0.05, 0) is 95.4 Å². The molecule has 0 fully saturated rings. The zero-order chi connectivity index (χ0) is 31.7. The normalized spacial score (nSPS) is 12.1. The number of furan rings is 1. The summed E-state index contributed by atoms with van der Waals surface area (Å²) in [4.78, 5) is 0. The summed E-state index contributed by atoms with van der Waals surface area (Å²) in [5.41, 5.74) is 10.5. The first-order valence-corrected chi connectivity index (χ1v) is 16.4. The molecule has 1 heteroatoms. The summed E-state index contributed by atoms with van der Waals surface area (Å²) >= 11 is 0. The van der Waals surface area contributed by atoms with Gasteiger partial charge in [0.25, 0.3) is 0 Å². The molecule has 0 N–H and O–H groups in total. The predicted molar refractivity (Wildman–Crippen MR) is 201 cm³/mol. The molecule has 47 heavy (non-hydrogen) atoms. The SMILES string of the molecule is CC(C)(C)c1ccc2cc(-c3cccc(-c4c5ccccc5c(-c5ccccc5)c5ccccc45)c3)c3oc4ccccc4c3c2c1. The van der Waals surface area contributed by atoms with Gasteiger partial charge in [-0.25, -0.2) is 0 Å². The van der Waals surface area contributed by atoms with Crippen molar-refractivity contribution in [1.82, 2.24) is 0 Å². The lowest BCUT2D eigenvalue weighted by atomic mass is 9.84. The first kappa shape index (κ1) is 27.6. The van der Waals surface area contributed by atoms with Gasteiger partial charge in [0.1, 0.15) is 11.2 Å². The summed E-state index contributed by atoms with van der Waals surface area (Å²) < 4.78 is 6.72. The summed E-state index contributed by atoms with van der Waals surface area (Å²) in [6.45, 7) is 6.83. The van der Waals surface area contributed by atoms with Crippen LogP contribution in [0.25, 0.3) is 87.6 Å². The Kier molecular flexibility index (Phi) is 6.14. The van der Waals surface area contributed by atoms with Crippen molar-refractivity contribution in [2.45, 2.75) is 26.2 Å². The van der Waals surface area contributed by atoms with E-state index in [0.717, 1.165) is 27.7 Å². The molecule has 0 aliphatic rings. The van der Waals surface area contributed by atoms with Crippen molar-refractivity contribution in [3.8, 4) is 33.4 Å². The molecule has 1 heterocycles. The van der Waals surface area contributed by atoms with Crippen LogP contribution in [0.15, 0.2) is 156 Å². The summed E-state index contributed by atoms with van der Waals surface area (Å²) in [5, 5.41) is 9.84. The quantitative estimate of drug-likeness (QED) is 0.183. The van der Waals surface area contributed by atoms with Gasteiger partial charge in [0.2, 0.25) is 0 Å². The largest absolute Gasteiger partial charge is 0.455 e. The lowest BCUT2D eigenvalue weighted by Crippen LogP contribution is -2.10. The molecule has 0 aliphatic carbocycles. The van der Waals surface area contributed by atoms with Crippen LogP contribution in [0.1, 0.15) is 26.3 Å². The van der Waals surface area contributed by atoms with Gasteiger partial charge in [-0.3, -0.25) is 0 Å². The number of hydrogen-bond acceptors (Lipinski definition) is 1. The summed E-state index contributed by atoms with van der Waals surface area (Å²) in [6.07, 6.45) is 0. The van der Waals surface area contributed by atoms with Gasteiger partial charge in [0.15, 0.2) is 0 Å². The number of benzene rings is 8. The molecule has 9 rings (SSSR count).